The van der Waals surface area contributed by atoms with E-state index in [9.17, 15) is 28.6 Å². The molecular formula is C20H18ClF2N3O6. The number of pyridine rings is 2. The summed E-state index contributed by atoms with van der Waals surface area (Å²) in [6, 6.07) is 1.55. The smallest absolute Gasteiger partial charge is 0.372 e. The Morgan fingerprint density at radius 1 is 1.22 bits per heavy atom. The Bertz CT molecular complexity index is 1120. The van der Waals surface area contributed by atoms with Gasteiger partial charge in [0, 0.05) is 24.0 Å². The van der Waals surface area contributed by atoms with Gasteiger partial charge in [0.2, 0.25) is 6.41 Å². The second-order valence-electron chi connectivity index (χ2n) is 6.51. The third-order valence-electron chi connectivity index (χ3n) is 4.09. The molecule has 2 rings (SSSR count). The first-order valence-electron chi connectivity index (χ1n) is 8.81. The molecule has 0 radical (unpaired) electrons. The number of halogens is 3. The minimum absolute atomic E-state index is 0.115. The molecule has 0 bridgehead atoms. The summed E-state index contributed by atoms with van der Waals surface area (Å²) in [5, 5.41) is 29.4. The van der Waals surface area contributed by atoms with Gasteiger partial charge in [-0.05, 0) is 32.4 Å². The number of aromatic carboxylic acids is 1. The Hall–Kier alpha value is -3.41. The van der Waals surface area contributed by atoms with Gasteiger partial charge in [-0.25, -0.2) is 23.5 Å². The summed E-state index contributed by atoms with van der Waals surface area (Å²) >= 11 is 5.96. The Morgan fingerprint density at radius 2 is 1.88 bits per heavy atom. The van der Waals surface area contributed by atoms with Crippen molar-refractivity contribution in [2.24, 2.45) is 0 Å². The van der Waals surface area contributed by atoms with Gasteiger partial charge in [0.05, 0.1) is 16.9 Å². The molecule has 2 aromatic heterocycles. The molecule has 9 nitrogen and oxygen atoms in total. The van der Waals surface area contributed by atoms with E-state index in [1.807, 2.05) is 0 Å². The van der Waals surface area contributed by atoms with E-state index in [1.165, 1.54) is 26.1 Å². The van der Waals surface area contributed by atoms with Gasteiger partial charge in [-0.3, -0.25) is 9.69 Å². The van der Waals surface area contributed by atoms with Gasteiger partial charge in [-0.1, -0.05) is 11.6 Å². The lowest BCUT2D eigenvalue weighted by Gasteiger charge is -2.25. The highest BCUT2D eigenvalue weighted by Gasteiger charge is 2.35. The maximum absolute atomic E-state index is 13.9. The molecule has 2 aromatic rings. The van der Waals surface area contributed by atoms with Crippen LogP contribution in [0.15, 0.2) is 47.1 Å². The van der Waals surface area contributed by atoms with Crippen LogP contribution in [0.5, 0.6) is 0 Å². The number of carboxylic acids is 1. The lowest BCUT2D eigenvalue weighted by molar-refractivity contribution is -0.334. The van der Waals surface area contributed by atoms with Crippen molar-refractivity contribution in [1.29, 1.82) is 0 Å². The molecule has 0 aliphatic heterocycles. The maximum atomic E-state index is 13.9. The zero-order chi connectivity index (χ0) is 24.2. The second-order valence-corrected chi connectivity index (χ2v) is 7.08. The number of aliphatic hydroxyl groups is 2. The van der Waals surface area contributed by atoms with Crippen molar-refractivity contribution in [3.05, 3.63) is 75.7 Å². The predicted molar refractivity (Wildman–Crippen MR) is 108 cm³/mol. The molecule has 0 aromatic carbocycles. The minimum Gasteiger partial charge on any atom is -0.477 e. The topological polar surface area (TPSA) is 133 Å². The van der Waals surface area contributed by atoms with E-state index in [2.05, 4.69) is 9.97 Å². The van der Waals surface area contributed by atoms with Crippen LogP contribution in [0.1, 0.15) is 35.6 Å². The molecule has 12 heteroatoms. The lowest BCUT2D eigenvalue weighted by atomic mass is 10.2. The van der Waals surface area contributed by atoms with Crippen LogP contribution in [0.4, 0.5) is 14.5 Å². The number of aryl methyl sites for hydroxylation is 1. The minimum atomic E-state index is -3.34. The van der Waals surface area contributed by atoms with E-state index in [-0.39, 0.29) is 22.1 Å². The first-order chi connectivity index (χ1) is 14.9. The number of allylic oxidation sites excluding steroid dienone is 3. The van der Waals surface area contributed by atoms with Crippen molar-refractivity contribution >= 4 is 29.7 Å². The summed E-state index contributed by atoms with van der Waals surface area (Å²) in [5.41, 5.74) is -0.584. The molecule has 32 heavy (non-hydrogen) atoms. The quantitative estimate of drug-likeness (QED) is 0.232. The van der Waals surface area contributed by atoms with E-state index >= 15 is 0 Å². The Balaban J connectivity index is 2.45. The van der Waals surface area contributed by atoms with E-state index in [0.29, 0.717) is 24.2 Å². The van der Waals surface area contributed by atoms with Crippen molar-refractivity contribution in [2.75, 3.05) is 4.90 Å². The molecule has 0 spiro atoms. The fourth-order valence-corrected chi connectivity index (χ4v) is 2.63. The fraction of sp³-hybridized carbons (Fsp3) is 0.200. The standard InChI is InChI=1S/C20H18ClF2N3O6/c1-10-7-24-15(19(28)29)6-16(10)26(9-27)11(2)4-17(12(3)21)32-20(30,31)18-14(23)5-13(22)8-25-18/h4-9,30-31H,1-3H3,(H,28,29)/b11-4-,17-12-. The fourth-order valence-electron chi connectivity index (χ4n) is 2.53. The van der Waals surface area contributed by atoms with Crippen LogP contribution in [0.2, 0.25) is 0 Å². The average molecular weight is 470 g/mol. The van der Waals surface area contributed by atoms with E-state index in [1.54, 1.807) is 6.92 Å². The van der Waals surface area contributed by atoms with Crippen LogP contribution >= 0.6 is 11.6 Å². The molecule has 0 aliphatic rings. The molecule has 0 fully saturated rings. The Labute approximate surface area is 185 Å². The monoisotopic (exact) mass is 469 g/mol. The molecule has 2 heterocycles. The Morgan fingerprint density at radius 3 is 2.41 bits per heavy atom. The Kier molecular flexibility index (Phi) is 7.62. The van der Waals surface area contributed by atoms with Crippen LogP contribution in [-0.4, -0.2) is 37.7 Å². The van der Waals surface area contributed by atoms with Gasteiger partial charge in [-0.15, -0.1) is 0 Å². The number of amides is 1. The number of carbonyl (C=O) groups excluding carboxylic acids is 1. The molecule has 0 saturated carbocycles. The number of nitrogens with zero attached hydrogens (tertiary/aromatic N) is 3. The normalized spacial score (nSPS) is 12.8. The van der Waals surface area contributed by atoms with Gasteiger partial charge < -0.3 is 20.1 Å². The first kappa shape index (κ1) is 24.9. The molecule has 0 unspecified atom stereocenters. The number of carbonyl (C=O) groups is 2. The number of anilines is 1. The van der Waals surface area contributed by atoms with E-state index in [4.69, 9.17) is 21.4 Å². The number of hydrogen-bond acceptors (Lipinski definition) is 7. The molecule has 0 aliphatic carbocycles. The van der Waals surface area contributed by atoms with Crippen molar-refractivity contribution in [3.63, 3.8) is 0 Å². The van der Waals surface area contributed by atoms with Gasteiger partial charge in [0.15, 0.2) is 11.5 Å². The van der Waals surface area contributed by atoms with Crippen molar-refractivity contribution in [2.45, 2.75) is 26.7 Å². The summed E-state index contributed by atoms with van der Waals surface area (Å²) in [5.74, 6) is -7.47. The number of ether oxygens (including phenoxy) is 1. The lowest BCUT2D eigenvalue weighted by Crippen LogP contribution is -2.31. The highest BCUT2D eigenvalue weighted by atomic mass is 35.5. The molecule has 3 N–H and O–H groups in total. The van der Waals surface area contributed by atoms with Crippen LogP contribution in [0, 0.1) is 18.6 Å². The number of rotatable bonds is 8. The van der Waals surface area contributed by atoms with Crippen LogP contribution in [0.25, 0.3) is 0 Å². The molecule has 0 saturated heterocycles. The van der Waals surface area contributed by atoms with Crippen LogP contribution < -0.4 is 4.90 Å². The second kappa shape index (κ2) is 9.81. The van der Waals surface area contributed by atoms with Crippen LogP contribution in [-0.2, 0) is 15.5 Å². The van der Waals surface area contributed by atoms with Gasteiger partial charge >= 0.3 is 11.9 Å². The summed E-state index contributed by atoms with van der Waals surface area (Å²) in [6.07, 6.45) is 3.33. The summed E-state index contributed by atoms with van der Waals surface area (Å²) < 4.78 is 32.0. The largest absolute Gasteiger partial charge is 0.477 e. The SMILES string of the molecule is C/C(=C/C(OC(O)(O)c1ncc(F)cc1F)=C(\C)Cl)N(C=O)c1cc(C(=O)O)ncc1C. The van der Waals surface area contributed by atoms with Gasteiger partial charge in [0.25, 0.3) is 0 Å². The van der Waals surface area contributed by atoms with Crippen molar-refractivity contribution in [1.82, 2.24) is 9.97 Å². The van der Waals surface area contributed by atoms with Crippen LogP contribution in [0.3, 0.4) is 0 Å². The maximum Gasteiger partial charge on any atom is 0.372 e. The highest BCUT2D eigenvalue weighted by Crippen LogP contribution is 2.29. The molecular weight excluding hydrogens is 452 g/mol. The molecule has 170 valence electrons. The van der Waals surface area contributed by atoms with E-state index < -0.39 is 35.0 Å². The molecule has 1 amide bonds. The predicted octanol–water partition coefficient (Wildman–Crippen LogP) is 2.91. The number of aromatic nitrogens is 2. The van der Waals surface area contributed by atoms with Gasteiger partial charge in [-0.2, -0.15) is 0 Å². The van der Waals surface area contributed by atoms with E-state index in [0.717, 1.165) is 11.0 Å². The summed E-state index contributed by atoms with van der Waals surface area (Å²) in [4.78, 5) is 31.0. The third kappa shape index (κ3) is 5.63. The first-order valence-corrected chi connectivity index (χ1v) is 9.19. The average Bonchev–Trinajstić information content (AvgIpc) is 2.68. The molecule has 0 atom stereocenters. The van der Waals surface area contributed by atoms with Gasteiger partial charge in [0.1, 0.15) is 17.3 Å². The third-order valence-corrected chi connectivity index (χ3v) is 4.27. The summed E-state index contributed by atoms with van der Waals surface area (Å²) in [7, 11) is 0. The number of hydrogen-bond donors (Lipinski definition) is 3. The van der Waals surface area contributed by atoms with Crippen molar-refractivity contribution < 1.29 is 38.4 Å². The van der Waals surface area contributed by atoms with Crippen molar-refractivity contribution in [3.8, 4) is 0 Å². The zero-order valence-corrected chi connectivity index (χ0v) is 17.8. The zero-order valence-electron chi connectivity index (χ0n) is 17.0. The number of carboxylic acid groups (broad SMARTS) is 1. The summed E-state index contributed by atoms with van der Waals surface area (Å²) in [6.45, 7) is 4.33. The highest BCUT2D eigenvalue weighted by molar-refractivity contribution is 6.29.